The van der Waals surface area contributed by atoms with E-state index in [2.05, 4.69) is 115 Å². The molecule has 0 radical (unpaired) electrons. The minimum atomic E-state index is -1.93. The molecule has 690 valence electrons. The van der Waals surface area contributed by atoms with Crippen LogP contribution in [0.3, 0.4) is 0 Å². The number of phenols is 1. The van der Waals surface area contributed by atoms with Crippen LogP contribution >= 0.6 is 25.3 Å². The number of carbonyl (C=O) groups excluding carboxylic acids is 15. The van der Waals surface area contributed by atoms with E-state index in [0.29, 0.717) is 63.4 Å². The summed E-state index contributed by atoms with van der Waals surface area (Å²) < 4.78 is 5.35. The Hall–Kier alpha value is -12.9. The van der Waals surface area contributed by atoms with Gasteiger partial charge in [-0.05, 0) is 104 Å². The molecule has 0 saturated heterocycles. The summed E-state index contributed by atoms with van der Waals surface area (Å²) in [5.41, 5.74) is 19.5. The fourth-order valence-corrected chi connectivity index (χ4v) is 13.7. The average Bonchev–Trinajstić information content (AvgIpc) is 1.71. The lowest BCUT2D eigenvalue weighted by Gasteiger charge is -2.29. The Morgan fingerprint density at radius 3 is 1.41 bits per heavy atom. The zero-order valence-electron chi connectivity index (χ0n) is 70.6. The van der Waals surface area contributed by atoms with Crippen molar-refractivity contribution in [2.24, 2.45) is 23.1 Å². The van der Waals surface area contributed by atoms with Crippen LogP contribution in [0, 0.1) is 11.3 Å². The molecule has 44 heteroatoms. The monoisotopic (exact) mass is 1810 g/mol. The van der Waals surface area contributed by atoms with Gasteiger partial charge in [-0.1, -0.05) is 92.7 Å². The molecule has 6 rings (SSSR count). The van der Waals surface area contributed by atoms with Gasteiger partial charge in [0.15, 0.2) is 5.96 Å². The molecule has 0 aliphatic rings. The highest BCUT2D eigenvalue weighted by atomic mass is 32.1. The number of thiol groups is 2. The first kappa shape index (κ1) is 103. The summed E-state index contributed by atoms with van der Waals surface area (Å²) in [7, 11) is 0. The molecule has 6 aromatic rings. The number of rotatable bonds is 55. The Morgan fingerprint density at radius 1 is 0.457 bits per heavy atom. The smallest absolute Gasteiger partial charge is 0.303 e. The molecule has 0 unspecified atom stereocenters. The molecule has 127 heavy (non-hydrogen) atoms. The summed E-state index contributed by atoms with van der Waals surface area (Å²) in [5.74, 6) is -17.7. The number of guanidine groups is 1. The van der Waals surface area contributed by atoms with Crippen molar-refractivity contribution in [2.75, 3.05) is 57.5 Å². The van der Waals surface area contributed by atoms with Gasteiger partial charge in [0.1, 0.15) is 84.9 Å². The van der Waals surface area contributed by atoms with Crippen LogP contribution in [0.15, 0.2) is 116 Å². The number of ether oxygens (including phenoxy) is 1. The second kappa shape index (κ2) is 52.8. The molecule has 0 aliphatic heterocycles. The van der Waals surface area contributed by atoms with Gasteiger partial charge >= 0.3 is 5.97 Å². The molecule has 0 fully saturated rings. The number of hydrogen-bond donors (Lipinski definition) is 27. The van der Waals surface area contributed by atoms with Crippen LogP contribution in [0.4, 0.5) is 0 Å². The number of hydrogen-bond acceptors (Lipinski definition) is 24. The highest BCUT2D eigenvalue weighted by Crippen LogP contribution is 2.23. The maximum absolute atomic E-state index is 15.3. The van der Waals surface area contributed by atoms with Crippen LogP contribution in [0.2, 0.25) is 0 Å². The molecule has 2 heterocycles. The average molecular weight is 1810 g/mol. The maximum Gasteiger partial charge on any atom is 0.303 e. The molecule has 0 saturated carbocycles. The van der Waals surface area contributed by atoms with E-state index in [-0.39, 0.29) is 69.7 Å². The number of unbranched alkanes of at least 4 members (excludes halogenated alkanes) is 1. The minimum absolute atomic E-state index is 0.00866. The molecule has 0 bridgehead atoms. The Labute approximate surface area is 742 Å². The van der Waals surface area contributed by atoms with Gasteiger partial charge in [0.2, 0.25) is 88.6 Å². The van der Waals surface area contributed by atoms with Gasteiger partial charge in [-0.3, -0.25) is 82.1 Å². The number of carboxylic acid groups (broad SMARTS) is 1. The fraction of sp³-hybridized carbons (Fsp3) is 0.458. The molecule has 0 spiro atoms. The number of phenolic OH excluding ortho intramolecular Hbond substituents is 1. The van der Waals surface area contributed by atoms with Gasteiger partial charge in [0.05, 0.1) is 25.9 Å². The van der Waals surface area contributed by atoms with E-state index in [9.17, 15) is 87.5 Å². The number of carbonyl (C=O) groups is 16. The Bertz CT molecular complexity index is 4770. The lowest BCUT2D eigenvalue weighted by molar-refractivity contribution is -0.139. The van der Waals surface area contributed by atoms with Crippen LogP contribution in [-0.2, 0) is 107 Å². The number of carboxylic acids is 1. The van der Waals surface area contributed by atoms with Crippen molar-refractivity contribution in [3.63, 3.8) is 0 Å². The largest absolute Gasteiger partial charge is 0.508 e. The van der Waals surface area contributed by atoms with Crippen molar-refractivity contribution in [2.45, 2.75) is 177 Å². The SMILES string of the molecule is CC(=O)N[C@@H](CS)C(=O)N[C@@H](CO)C(=O)N[C@H](C(=O)N[C@@H](Cc1c[nH]c2ccccc12)C(=O)N[C@@H](CCC(=O)O)C(=O)N[C@@H](CS)C(=O)N[C@@H](Cc1ccc(O)cc1)C(=O)N[C@@H](Cc1c[nH]c2ccccc12)C(=O)N[C@@H](CCCNC(=N)N)C(=O)N[C@H](C(=O)N[C@@H](Cc1ccccc1)C(=O)NCC(=O)NCCOCC(=O)N[C@H](CCCCN)C(N)=O)C(C)C)[C@@H](C)O. The molecule has 2 aromatic heterocycles. The number of aliphatic carboxylic acids is 1. The molecule has 28 N–H and O–H groups in total. The van der Waals surface area contributed by atoms with Crippen molar-refractivity contribution in [1.82, 2.24) is 89.7 Å². The molecule has 0 aliphatic carbocycles. The number of amides is 15. The number of para-hydroxylation sites is 2. The predicted molar refractivity (Wildman–Crippen MR) is 471 cm³/mol. The quantitative estimate of drug-likeness (QED) is 0.00739. The second-order valence-electron chi connectivity index (χ2n) is 30.3. The highest BCUT2D eigenvalue weighted by Gasteiger charge is 2.39. The van der Waals surface area contributed by atoms with Crippen molar-refractivity contribution >= 4 is 148 Å². The molecule has 4 aromatic carbocycles. The number of nitrogens with one attached hydrogen (secondary N) is 18. The summed E-state index contributed by atoms with van der Waals surface area (Å²) in [6.45, 7) is 3.47. The third-order valence-corrected chi connectivity index (χ3v) is 20.7. The van der Waals surface area contributed by atoms with E-state index in [1.807, 2.05) is 0 Å². The summed E-state index contributed by atoms with van der Waals surface area (Å²) in [6, 6.07) is 8.75. The van der Waals surface area contributed by atoms with Gasteiger partial charge in [0.25, 0.3) is 0 Å². The third kappa shape index (κ3) is 34.5. The van der Waals surface area contributed by atoms with Crippen LogP contribution in [-0.4, -0.2) is 267 Å². The molecule has 15 amide bonds. The van der Waals surface area contributed by atoms with E-state index >= 15 is 9.59 Å². The lowest BCUT2D eigenvalue weighted by atomic mass is 9.99. The summed E-state index contributed by atoms with van der Waals surface area (Å²) in [4.78, 5) is 227. The predicted octanol–water partition coefficient (Wildman–Crippen LogP) is -4.66. The molecular formula is C83H115N21O21S2. The maximum atomic E-state index is 15.3. The first-order valence-electron chi connectivity index (χ1n) is 41.0. The zero-order chi connectivity index (χ0) is 93.4. The number of primary amides is 1. The number of aromatic hydroxyl groups is 1. The van der Waals surface area contributed by atoms with Crippen LogP contribution < -0.4 is 97.0 Å². The van der Waals surface area contributed by atoms with Crippen molar-refractivity contribution < 1.29 is 102 Å². The van der Waals surface area contributed by atoms with Crippen LogP contribution in [0.1, 0.15) is 94.9 Å². The first-order chi connectivity index (χ1) is 60.5. The van der Waals surface area contributed by atoms with E-state index in [4.69, 9.17) is 27.3 Å². The number of H-pyrrole nitrogens is 2. The van der Waals surface area contributed by atoms with Crippen molar-refractivity contribution in [3.8, 4) is 5.75 Å². The van der Waals surface area contributed by atoms with Crippen LogP contribution in [0.5, 0.6) is 5.75 Å². The zero-order valence-corrected chi connectivity index (χ0v) is 72.3. The van der Waals surface area contributed by atoms with Crippen molar-refractivity contribution in [1.29, 1.82) is 5.41 Å². The number of benzene rings is 4. The van der Waals surface area contributed by atoms with Crippen molar-refractivity contribution in [3.05, 3.63) is 138 Å². The number of aliphatic hydroxyl groups excluding tert-OH is 2. The van der Waals surface area contributed by atoms with E-state index < -0.39 is 230 Å². The molecule has 42 nitrogen and oxygen atoms in total. The second-order valence-corrected chi connectivity index (χ2v) is 31.0. The topological polar surface area (TPSA) is 677 Å². The van der Waals surface area contributed by atoms with Gasteiger partial charge in [-0.25, -0.2) is 0 Å². The lowest BCUT2D eigenvalue weighted by Crippen LogP contribution is -2.62. The number of aliphatic hydroxyl groups is 2. The summed E-state index contributed by atoms with van der Waals surface area (Å²) in [6.07, 6.45) is -0.0122. The van der Waals surface area contributed by atoms with Gasteiger partial charge in [0, 0.05) is 97.8 Å². The number of aromatic nitrogens is 2. The first-order valence-corrected chi connectivity index (χ1v) is 42.2. The summed E-state index contributed by atoms with van der Waals surface area (Å²) >= 11 is 8.42. The number of aromatic amines is 2. The normalized spacial score (nSPS) is 14.2. The fourth-order valence-electron chi connectivity index (χ4n) is 13.2. The minimum Gasteiger partial charge on any atom is -0.508 e. The van der Waals surface area contributed by atoms with E-state index in [1.165, 1.54) is 30.5 Å². The van der Waals surface area contributed by atoms with Crippen LogP contribution in [0.25, 0.3) is 21.8 Å². The van der Waals surface area contributed by atoms with E-state index in [1.54, 1.807) is 98.9 Å². The Morgan fingerprint density at radius 2 is 0.898 bits per heavy atom. The van der Waals surface area contributed by atoms with E-state index in [0.717, 1.165) is 13.8 Å². The number of nitrogens with two attached hydrogens (primary N) is 3. The molecular weight excluding hydrogens is 1690 g/mol. The molecule has 13 atom stereocenters. The Balaban J connectivity index is 1.25. The number of fused-ring (bicyclic) bond motifs is 2. The van der Waals surface area contributed by atoms with Gasteiger partial charge in [-0.15, -0.1) is 0 Å². The Kier molecular flexibility index (Phi) is 42.7. The van der Waals surface area contributed by atoms with Gasteiger partial charge < -0.3 is 132 Å². The summed E-state index contributed by atoms with van der Waals surface area (Å²) in [5, 5.41) is 88.3. The standard InChI is InChI=1S/C83H115N21O21S2/c1-44(2)69(81(123)99-59(33-47-15-6-5-7-16-47)72(114)92-39-66(109)88-31-32-125-41-67(110)94-56(71(85)113)21-12-13-29-84)103-74(116)57(22-14-30-89-83(86)87)95-76(118)61(35-49-37-90-54-19-10-8-17-52(49)54)98-75(117)60(34-48-23-25-51(108)26-24-48)97-80(122)65(43-127)102-73(115)58(27-28-68(111)112)96-77(119)62(36-50-38-91-55-20-11-9-18-53(50)55)100-82(124)70(45(3)106)104-78(120)63(40-105)101-79(121)64(42-126)93-46(4)107/h5-11,15-20,23-26,37-38,44-45,56-65,69-70,90-91,105-106,108,126-127H,12-14,21-22,27-36,39-43,84H2,1-4H3,(H2,85,113)(H,88,109)(H,92,114)(H,93,107)(H,94,110)(H,95,118)(H,96,119)(H,97,122)(H,98,117)(H,99,123)(H,100,124)(H,101,121)(H,102,115)(H,103,116)(H,104,120)(H,111,112)(H4,86,87,89)/t45-,56-,57+,58+,59+,60+,61+,62+,63+,64+,65+,69+,70+/m1/s1. The highest BCUT2D eigenvalue weighted by molar-refractivity contribution is 7.80. The van der Waals surface area contributed by atoms with Gasteiger partial charge in [-0.2, -0.15) is 25.3 Å². The third-order valence-electron chi connectivity index (χ3n) is 20.0.